The van der Waals surface area contributed by atoms with Gasteiger partial charge in [0.15, 0.2) is 0 Å². The van der Waals surface area contributed by atoms with Crippen molar-refractivity contribution in [3.05, 3.63) is 64.4 Å². The zero-order valence-corrected chi connectivity index (χ0v) is 15.0. The standard InChI is InChI=1S/C20H12ClFN2O4/c21-13-8-12(5-6-14(13)22)24-19(25)16-17(23-28-18(16)20(24)26)11-7-10-3-1-2-4-15(10)27-9-11/h1-8,16,18H,9H2. The SMILES string of the molecule is O=C1C2ON=C(C3=Cc4ccccc4OC3)C2C(=O)N1c1ccc(F)c(Cl)c1. The van der Waals surface area contributed by atoms with Crippen LogP contribution < -0.4 is 9.64 Å². The molecule has 140 valence electrons. The third kappa shape index (κ3) is 2.43. The first-order valence-electron chi connectivity index (χ1n) is 8.54. The van der Waals surface area contributed by atoms with Gasteiger partial charge in [-0.25, -0.2) is 9.29 Å². The zero-order chi connectivity index (χ0) is 19.4. The van der Waals surface area contributed by atoms with Crippen molar-refractivity contribution < 1.29 is 23.6 Å². The molecule has 0 aliphatic carbocycles. The monoisotopic (exact) mass is 398 g/mol. The number of fused-ring (bicyclic) bond motifs is 2. The Balaban J connectivity index is 1.49. The minimum Gasteiger partial charge on any atom is -0.488 e. The van der Waals surface area contributed by atoms with Crippen LogP contribution in [-0.4, -0.2) is 30.2 Å². The van der Waals surface area contributed by atoms with Gasteiger partial charge in [-0.05, 0) is 30.3 Å². The van der Waals surface area contributed by atoms with E-state index in [-0.39, 0.29) is 17.3 Å². The third-order valence-electron chi connectivity index (χ3n) is 4.93. The largest absolute Gasteiger partial charge is 0.488 e. The van der Waals surface area contributed by atoms with Crippen molar-refractivity contribution in [2.24, 2.45) is 11.1 Å². The lowest BCUT2D eigenvalue weighted by Gasteiger charge is -2.19. The summed E-state index contributed by atoms with van der Waals surface area (Å²) in [5, 5.41) is 3.82. The van der Waals surface area contributed by atoms with Crippen LogP contribution in [-0.2, 0) is 14.4 Å². The first-order chi connectivity index (χ1) is 13.5. The van der Waals surface area contributed by atoms with Gasteiger partial charge in [0.2, 0.25) is 12.0 Å². The molecule has 1 saturated heterocycles. The quantitative estimate of drug-likeness (QED) is 0.728. The molecule has 0 radical (unpaired) electrons. The number of carbonyl (C=O) groups is 2. The van der Waals surface area contributed by atoms with Crippen LogP contribution in [0.1, 0.15) is 5.56 Å². The summed E-state index contributed by atoms with van der Waals surface area (Å²) in [7, 11) is 0. The summed E-state index contributed by atoms with van der Waals surface area (Å²) in [6, 6.07) is 11.2. The number of ether oxygens (including phenoxy) is 1. The maximum absolute atomic E-state index is 13.5. The van der Waals surface area contributed by atoms with E-state index >= 15 is 0 Å². The van der Waals surface area contributed by atoms with E-state index in [1.165, 1.54) is 12.1 Å². The third-order valence-corrected chi connectivity index (χ3v) is 5.22. The van der Waals surface area contributed by atoms with Crippen LogP contribution in [0.4, 0.5) is 10.1 Å². The zero-order valence-electron chi connectivity index (χ0n) is 14.3. The highest BCUT2D eigenvalue weighted by molar-refractivity contribution is 6.34. The smallest absolute Gasteiger partial charge is 0.278 e. The van der Waals surface area contributed by atoms with Gasteiger partial charge in [0.1, 0.15) is 29.8 Å². The molecule has 2 unspecified atom stereocenters. The maximum atomic E-state index is 13.5. The van der Waals surface area contributed by atoms with E-state index in [4.69, 9.17) is 21.2 Å². The molecule has 2 amide bonds. The molecule has 28 heavy (non-hydrogen) atoms. The van der Waals surface area contributed by atoms with Gasteiger partial charge in [0.05, 0.1) is 10.7 Å². The molecule has 0 N–H and O–H groups in total. The lowest BCUT2D eigenvalue weighted by molar-refractivity contribution is -0.126. The Labute approximate surface area is 163 Å². The van der Waals surface area contributed by atoms with Crippen LogP contribution in [0.3, 0.4) is 0 Å². The number of oxime groups is 1. The van der Waals surface area contributed by atoms with Gasteiger partial charge in [0.25, 0.3) is 5.91 Å². The number of anilines is 1. The molecule has 3 aliphatic rings. The Kier molecular flexibility index (Phi) is 3.73. The number of hydrogen-bond acceptors (Lipinski definition) is 5. The number of para-hydroxylation sites is 1. The lowest BCUT2D eigenvalue weighted by atomic mass is 9.92. The highest BCUT2D eigenvalue weighted by Crippen LogP contribution is 2.38. The van der Waals surface area contributed by atoms with E-state index in [2.05, 4.69) is 5.16 Å². The highest BCUT2D eigenvalue weighted by Gasteiger charge is 2.56. The van der Waals surface area contributed by atoms with Gasteiger partial charge in [-0.2, -0.15) is 0 Å². The fourth-order valence-corrected chi connectivity index (χ4v) is 3.76. The molecule has 0 aromatic heterocycles. The van der Waals surface area contributed by atoms with Crippen LogP contribution in [0, 0.1) is 11.7 Å². The predicted molar refractivity (Wildman–Crippen MR) is 99.6 cm³/mol. The van der Waals surface area contributed by atoms with Gasteiger partial charge >= 0.3 is 0 Å². The molecular formula is C20H12ClFN2O4. The van der Waals surface area contributed by atoms with Crippen molar-refractivity contribution in [3.8, 4) is 5.75 Å². The number of rotatable bonds is 2. The molecule has 2 atom stereocenters. The van der Waals surface area contributed by atoms with Gasteiger partial charge in [-0.15, -0.1) is 0 Å². The number of imide groups is 1. The Bertz CT molecular complexity index is 1100. The van der Waals surface area contributed by atoms with Gasteiger partial charge in [0, 0.05) is 11.1 Å². The minimum absolute atomic E-state index is 0.176. The summed E-state index contributed by atoms with van der Waals surface area (Å²) in [5.41, 5.74) is 2.09. The second kappa shape index (κ2) is 6.17. The normalized spacial score (nSPS) is 22.9. The van der Waals surface area contributed by atoms with Crippen molar-refractivity contribution in [2.75, 3.05) is 11.5 Å². The fraction of sp³-hybridized carbons (Fsp3) is 0.150. The van der Waals surface area contributed by atoms with E-state index in [9.17, 15) is 14.0 Å². The van der Waals surface area contributed by atoms with E-state index in [0.717, 1.165) is 22.3 Å². The van der Waals surface area contributed by atoms with Crippen molar-refractivity contribution in [1.29, 1.82) is 0 Å². The lowest BCUT2D eigenvalue weighted by Crippen LogP contribution is -2.33. The average molecular weight is 399 g/mol. The number of nitrogens with zero attached hydrogens (tertiary/aromatic N) is 2. The fourth-order valence-electron chi connectivity index (χ4n) is 3.58. The number of halogens is 2. The van der Waals surface area contributed by atoms with Crippen molar-refractivity contribution in [1.82, 2.24) is 0 Å². The first kappa shape index (κ1) is 16.9. The van der Waals surface area contributed by atoms with E-state index in [1.807, 2.05) is 30.3 Å². The molecule has 0 saturated carbocycles. The summed E-state index contributed by atoms with van der Waals surface area (Å²) < 4.78 is 19.2. The summed E-state index contributed by atoms with van der Waals surface area (Å²) >= 11 is 5.80. The summed E-state index contributed by atoms with van der Waals surface area (Å²) in [4.78, 5) is 32.0. The van der Waals surface area contributed by atoms with Crippen molar-refractivity contribution in [3.63, 3.8) is 0 Å². The Morgan fingerprint density at radius 1 is 1.14 bits per heavy atom. The number of hydrogen-bond donors (Lipinski definition) is 0. The van der Waals surface area contributed by atoms with E-state index in [1.54, 1.807) is 0 Å². The molecule has 1 fully saturated rings. The molecule has 3 heterocycles. The minimum atomic E-state index is -1.05. The first-order valence-corrected chi connectivity index (χ1v) is 8.92. The molecule has 5 rings (SSSR count). The molecule has 0 bridgehead atoms. The maximum Gasteiger partial charge on any atom is 0.278 e. The molecule has 2 aromatic rings. The number of benzene rings is 2. The Morgan fingerprint density at radius 2 is 1.96 bits per heavy atom. The topological polar surface area (TPSA) is 68.2 Å². The summed E-state index contributed by atoms with van der Waals surface area (Å²) in [6.45, 7) is 0.215. The Morgan fingerprint density at radius 3 is 2.79 bits per heavy atom. The molecule has 3 aliphatic heterocycles. The van der Waals surface area contributed by atoms with Crippen LogP contribution >= 0.6 is 11.6 Å². The van der Waals surface area contributed by atoms with Crippen LogP contribution in [0.5, 0.6) is 5.75 Å². The Hall–Kier alpha value is -3.19. The van der Waals surface area contributed by atoms with Crippen LogP contribution in [0.2, 0.25) is 5.02 Å². The van der Waals surface area contributed by atoms with Crippen molar-refractivity contribution in [2.45, 2.75) is 6.10 Å². The van der Waals surface area contributed by atoms with E-state index < -0.39 is 29.7 Å². The van der Waals surface area contributed by atoms with E-state index in [0.29, 0.717) is 11.3 Å². The number of carbonyl (C=O) groups excluding carboxylic acids is 2. The van der Waals surface area contributed by atoms with Gasteiger partial charge in [-0.3, -0.25) is 9.59 Å². The highest BCUT2D eigenvalue weighted by atomic mass is 35.5. The van der Waals surface area contributed by atoms with Crippen molar-refractivity contribution >= 4 is 40.9 Å². The van der Waals surface area contributed by atoms with Gasteiger partial charge < -0.3 is 9.57 Å². The van der Waals surface area contributed by atoms with Crippen LogP contribution in [0.15, 0.2) is 53.2 Å². The second-order valence-electron chi connectivity index (χ2n) is 6.59. The molecule has 2 aromatic carbocycles. The second-order valence-corrected chi connectivity index (χ2v) is 6.99. The number of amides is 2. The molecule has 0 spiro atoms. The predicted octanol–water partition coefficient (Wildman–Crippen LogP) is 3.20. The van der Waals surface area contributed by atoms with Gasteiger partial charge in [-0.1, -0.05) is 35.0 Å². The van der Waals surface area contributed by atoms with Crippen LogP contribution in [0.25, 0.3) is 6.08 Å². The summed E-state index contributed by atoms with van der Waals surface area (Å²) in [6.07, 6.45) is 0.822. The average Bonchev–Trinajstić information content (AvgIpc) is 3.24. The molecule has 6 nitrogen and oxygen atoms in total. The molecular weight excluding hydrogens is 387 g/mol. The molecule has 8 heteroatoms. The summed E-state index contributed by atoms with van der Waals surface area (Å²) in [5.74, 6) is -1.83.